The molecule has 2 aromatic rings. The van der Waals surface area contributed by atoms with Crippen molar-refractivity contribution in [3.63, 3.8) is 0 Å². The molecule has 0 aliphatic carbocycles. The predicted molar refractivity (Wildman–Crippen MR) is 81.0 cm³/mol. The summed E-state index contributed by atoms with van der Waals surface area (Å²) < 4.78 is 0. The van der Waals surface area contributed by atoms with E-state index in [2.05, 4.69) is 21.7 Å². The zero-order chi connectivity index (χ0) is 14.8. The van der Waals surface area contributed by atoms with Gasteiger partial charge in [-0.3, -0.25) is 10.1 Å². The van der Waals surface area contributed by atoms with E-state index in [1.165, 1.54) is 23.4 Å². The van der Waals surface area contributed by atoms with Crippen LogP contribution < -0.4 is 10.6 Å². The van der Waals surface area contributed by atoms with Crippen LogP contribution in [0.2, 0.25) is 5.02 Å². The van der Waals surface area contributed by atoms with E-state index < -0.39 is 4.92 Å². The molecule has 0 fully saturated rings. The molecule has 2 N–H and O–H groups in total. The fourth-order valence-corrected chi connectivity index (χ4v) is 2.60. The van der Waals surface area contributed by atoms with E-state index in [1.807, 2.05) is 12.1 Å². The molecule has 0 spiro atoms. The van der Waals surface area contributed by atoms with Gasteiger partial charge < -0.3 is 10.6 Å². The molecule has 0 radical (unpaired) electrons. The Morgan fingerprint density at radius 2 is 2.29 bits per heavy atom. The van der Waals surface area contributed by atoms with Gasteiger partial charge in [-0.25, -0.2) is 4.98 Å². The maximum atomic E-state index is 10.7. The lowest BCUT2D eigenvalue weighted by molar-refractivity contribution is -0.385. The van der Waals surface area contributed by atoms with Gasteiger partial charge in [-0.15, -0.1) is 0 Å². The number of rotatable bonds is 3. The molecular formula is C14H13ClN4O2. The molecule has 0 unspecified atom stereocenters. The first-order chi connectivity index (χ1) is 10.1. The van der Waals surface area contributed by atoms with Crippen LogP contribution in [0.4, 0.5) is 17.2 Å². The molecule has 6 nitrogen and oxygen atoms in total. The van der Waals surface area contributed by atoms with Crippen LogP contribution in [0.15, 0.2) is 30.5 Å². The zero-order valence-electron chi connectivity index (χ0n) is 11.1. The van der Waals surface area contributed by atoms with Crippen molar-refractivity contribution in [1.29, 1.82) is 0 Å². The minimum Gasteiger partial charge on any atom is -0.339 e. The summed E-state index contributed by atoms with van der Waals surface area (Å²) in [6.07, 6.45) is 2.12. The Morgan fingerprint density at radius 1 is 1.43 bits per heavy atom. The number of halogens is 1. The molecule has 3 rings (SSSR count). The second-order valence-corrected chi connectivity index (χ2v) is 5.18. The fourth-order valence-electron chi connectivity index (χ4n) is 2.40. The average molecular weight is 305 g/mol. The number of nitrogens with one attached hydrogen (secondary N) is 2. The van der Waals surface area contributed by atoms with Gasteiger partial charge in [0, 0.05) is 18.3 Å². The van der Waals surface area contributed by atoms with Crippen molar-refractivity contribution in [3.8, 4) is 0 Å². The molecule has 21 heavy (non-hydrogen) atoms. The molecule has 2 heterocycles. The van der Waals surface area contributed by atoms with E-state index in [0.717, 1.165) is 25.2 Å². The lowest BCUT2D eigenvalue weighted by atomic mass is 9.99. The van der Waals surface area contributed by atoms with Crippen molar-refractivity contribution >= 4 is 28.8 Å². The second-order valence-electron chi connectivity index (χ2n) is 4.78. The molecule has 1 aliphatic rings. The van der Waals surface area contributed by atoms with Crippen LogP contribution in [0.1, 0.15) is 11.1 Å². The molecule has 0 saturated carbocycles. The van der Waals surface area contributed by atoms with E-state index in [0.29, 0.717) is 5.82 Å². The number of hydrogen-bond donors (Lipinski definition) is 2. The quantitative estimate of drug-likeness (QED) is 0.673. The maximum Gasteiger partial charge on any atom is 0.289 e. The number of nitrogens with zero attached hydrogens (tertiary/aromatic N) is 2. The second kappa shape index (κ2) is 5.67. The van der Waals surface area contributed by atoms with Gasteiger partial charge >= 0.3 is 0 Å². The van der Waals surface area contributed by atoms with E-state index in [4.69, 9.17) is 11.6 Å². The third-order valence-electron chi connectivity index (χ3n) is 3.43. The Morgan fingerprint density at radius 3 is 3.05 bits per heavy atom. The molecule has 0 amide bonds. The lowest BCUT2D eigenvalue weighted by Crippen LogP contribution is -2.24. The van der Waals surface area contributed by atoms with Gasteiger partial charge in [-0.05, 0) is 30.2 Å². The fraction of sp³-hybridized carbons (Fsp3) is 0.214. The van der Waals surface area contributed by atoms with Gasteiger partial charge in [-0.1, -0.05) is 23.7 Å². The molecule has 0 bridgehead atoms. The Labute approximate surface area is 126 Å². The molecule has 1 aromatic heterocycles. The number of nitro groups is 1. The lowest BCUT2D eigenvalue weighted by Gasteiger charge is -2.21. The Hall–Kier alpha value is -2.18. The molecule has 0 saturated heterocycles. The molecular weight excluding hydrogens is 292 g/mol. The van der Waals surface area contributed by atoms with Gasteiger partial charge in [0.1, 0.15) is 12.0 Å². The first-order valence-corrected chi connectivity index (χ1v) is 6.91. The number of pyridine rings is 1. The summed E-state index contributed by atoms with van der Waals surface area (Å²) in [5.74, 6) is 0.425. The topological polar surface area (TPSA) is 80.1 Å². The van der Waals surface area contributed by atoms with Crippen LogP contribution in [0.3, 0.4) is 0 Å². The van der Waals surface area contributed by atoms with E-state index in [9.17, 15) is 10.1 Å². The molecule has 7 heteroatoms. The van der Waals surface area contributed by atoms with Crippen LogP contribution in [0.25, 0.3) is 0 Å². The zero-order valence-corrected chi connectivity index (χ0v) is 11.9. The largest absolute Gasteiger partial charge is 0.339 e. The third kappa shape index (κ3) is 2.81. The van der Waals surface area contributed by atoms with Crippen molar-refractivity contribution in [2.24, 2.45) is 0 Å². The average Bonchev–Trinajstić information content (AvgIpc) is 2.49. The minimum absolute atomic E-state index is 0.121. The molecule has 1 aliphatic heterocycles. The highest BCUT2D eigenvalue weighted by molar-refractivity contribution is 6.33. The maximum absolute atomic E-state index is 10.7. The predicted octanol–water partition coefficient (Wildman–Crippen LogP) is 3.03. The van der Waals surface area contributed by atoms with Crippen molar-refractivity contribution in [2.75, 3.05) is 11.9 Å². The SMILES string of the molecule is O=[N+]([O-])c1cnc(Nc2cccc3c2CCNC3)c(Cl)c1. The normalized spacial score (nSPS) is 13.6. The number of benzene rings is 1. The Balaban J connectivity index is 1.92. The van der Waals surface area contributed by atoms with Gasteiger partial charge in [0.25, 0.3) is 5.69 Å². The van der Waals surface area contributed by atoms with E-state index >= 15 is 0 Å². The van der Waals surface area contributed by atoms with Gasteiger partial charge in [-0.2, -0.15) is 0 Å². The highest BCUT2D eigenvalue weighted by Crippen LogP contribution is 2.30. The highest BCUT2D eigenvalue weighted by atomic mass is 35.5. The van der Waals surface area contributed by atoms with Gasteiger partial charge in [0.05, 0.1) is 9.95 Å². The monoisotopic (exact) mass is 304 g/mol. The third-order valence-corrected chi connectivity index (χ3v) is 3.72. The van der Waals surface area contributed by atoms with Crippen LogP contribution >= 0.6 is 11.6 Å². The van der Waals surface area contributed by atoms with Gasteiger partial charge in [0.2, 0.25) is 0 Å². The first-order valence-electron chi connectivity index (χ1n) is 6.53. The van der Waals surface area contributed by atoms with E-state index in [1.54, 1.807) is 0 Å². The summed E-state index contributed by atoms with van der Waals surface area (Å²) in [6.45, 7) is 1.76. The summed E-state index contributed by atoms with van der Waals surface area (Å²) in [7, 11) is 0. The van der Waals surface area contributed by atoms with Gasteiger partial charge in [0.15, 0.2) is 0 Å². The number of anilines is 2. The van der Waals surface area contributed by atoms with Crippen LogP contribution in [-0.2, 0) is 13.0 Å². The summed E-state index contributed by atoms with van der Waals surface area (Å²) in [4.78, 5) is 14.2. The highest BCUT2D eigenvalue weighted by Gasteiger charge is 2.15. The molecule has 1 aromatic carbocycles. The van der Waals surface area contributed by atoms with Crippen LogP contribution in [0.5, 0.6) is 0 Å². The molecule has 0 atom stereocenters. The summed E-state index contributed by atoms with van der Waals surface area (Å²) in [5.41, 5.74) is 3.29. The first kappa shape index (κ1) is 13.8. The number of fused-ring (bicyclic) bond motifs is 1. The van der Waals surface area contributed by atoms with Crippen LogP contribution in [-0.4, -0.2) is 16.5 Å². The van der Waals surface area contributed by atoms with Crippen molar-refractivity contribution in [1.82, 2.24) is 10.3 Å². The van der Waals surface area contributed by atoms with Crippen LogP contribution in [0, 0.1) is 10.1 Å². The molecule has 108 valence electrons. The van der Waals surface area contributed by atoms with Crippen molar-refractivity contribution in [2.45, 2.75) is 13.0 Å². The summed E-state index contributed by atoms with van der Waals surface area (Å²) in [6, 6.07) is 7.31. The smallest absolute Gasteiger partial charge is 0.289 e. The Bertz CT molecular complexity index is 705. The van der Waals surface area contributed by atoms with Crippen molar-refractivity contribution in [3.05, 3.63) is 56.7 Å². The van der Waals surface area contributed by atoms with E-state index in [-0.39, 0.29) is 10.7 Å². The standard InChI is InChI=1S/C14H13ClN4O2/c15-12-6-10(19(20)21)8-17-14(12)18-13-3-1-2-9-7-16-5-4-11(9)13/h1-3,6,8,16H,4-5,7H2,(H,17,18). The van der Waals surface area contributed by atoms with Crippen molar-refractivity contribution < 1.29 is 4.92 Å². The minimum atomic E-state index is -0.515. The number of aromatic nitrogens is 1. The summed E-state index contributed by atoms with van der Waals surface area (Å²) in [5, 5.41) is 17.4. The number of hydrogen-bond acceptors (Lipinski definition) is 5. The summed E-state index contributed by atoms with van der Waals surface area (Å²) >= 11 is 6.06. The Kier molecular flexibility index (Phi) is 3.72.